The summed E-state index contributed by atoms with van der Waals surface area (Å²) < 4.78 is 5.23. The van der Waals surface area contributed by atoms with E-state index < -0.39 is 10.9 Å². The minimum Gasteiger partial charge on any atom is -0.423 e. The molecule has 3 aromatic carbocycles. The lowest BCUT2D eigenvalue weighted by Crippen LogP contribution is -2.17. The molecule has 0 atom stereocenters. The van der Waals surface area contributed by atoms with Crippen molar-refractivity contribution in [2.24, 2.45) is 5.10 Å². The van der Waals surface area contributed by atoms with E-state index in [2.05, 4.69) is 10.5 Å². The van der Waals surface area contributed by atoms with Gasteiger partial charge in [-0.1, -0.05) is 11.6 Å². The van der Waals surface area contributed by atoms with Crippen molar-refractivity contribution in [3.8, 4) is 5.75 Å². The number of hydrogen-bond acceptors (Lipinski definition) is 6. The van der Waals surface area contributed by atoms with Crippen LogP contribution in [0, 0.1) is 10.1 Å². The summed E-state index contributed by atoms with van der Waals surface area (Å²) in [4.78, 5) is 34.2. The highest BCUT2D eigenvalue weighted by Gasteiger charge is 2.11. The number of non-ortho nitro benzene ring substituents is 1. The maximum atomic E-state index is 12.1. The molecule has 0 fully saturated rings. The third-order valence-corrected chi connectivity index (χ3v) is 4.14. The number of hydrogen-bond donors (Lipinski definition) is 1. The van der Waals surface area contributed by atoms with Crippen LogP contribution in [0.3, 0.4) is 0 Å². The molecule has 0 aliphatic heterocycles. The summed E-state index contributed by atoms with van der Waals surface area (Å²) in [5.74, 6) is -0.723. The Kier molecular flexibility index (Phi) is 6.51. The van der Waals surface area contributed by atoms with Gasteiger partial charge in [0.15, 0.2) is 0 Å². The van der Waals surface area contributed by atoms with Gasteiger partial charge in [0, 0.05) is 22.7 Å². The average molecular weight is 424 g/mol. The van der Waals surface area contributed by atoms with Gasteiger partial charge < -0.3 is 4.74 Å². The summed E-state index contributed by atoms with van der Waals surface area (Å²) in [6.45, 7) is 0. The van der Waals surface area contributed by atoms with E-state index in [-0.39, 0.29) is 17.2 Å². The smallest absolute Gasteiger partial charge is 0.343 e. The van der Waals surface area contributed by atoms with Crippen LogP contribution in [0.1, 0.15) is 26.3 Å². The molecule has 0 heterocycles. The van der Waals surface area contributed by atoms with Crippen LogP contribution < -0.4 is 10.2 Å². The molecule has 1 amide bonds. The zero-order valence-corrected chi connectivity index (χ0v) is 16.1. The van der Waals surface area contributed by atoms with Gasteiger partial charge in [0.05, 0.1) is 16.7 Å². The Bertz CT molecular complexity index is 1090. The van der Waals surface area contributed by atoms with E-state index in [0.29, 0.717) is 21.9 Å². The number of nitro groups is 1. The Labute approximate surface area is 175 Å². The predicted molar refractivity (Wildman–Crippen MR) is 111 cm³/mol. The molecule has 1 N–H and O–H groups in total. The number of amides is 1. The van der Waals surface area contributed by atoms with Gasteiger partial charge in [-0.15, -0.1) is 0 Å². The number of ether oxygens (including phenoxy) is 1. The monoisotopic (exact) mass is 423 g/mol. The van der Waals surface area contributed by atoms with Crippen LogP contribution in [0.15, 0.2) is 77.9 Å². The molecule has 3 aromatic rings. The van der Waals surface area contributed by atoms with E-state index in [0.717, 1.165) is 0 Å². The second kappa shape index (κ2) is 9.44. The summed E-state index contributed by atoms with van der Waals surface area (Å²) in [5.41, 5.74) is 3.57. The van der Waals surface area contributed by atoms with Gasteiger partial charge in [0.1, 0.15) is 5.75 Å². The van der Waals surface area contributed by atoms with E-state index in [4.69, 9.17) is 16.3 Å². The fraction of sp³-hybridized carbons (Fsp3) is 0. The number of hydrazone groups is 1. The van der Waals surface area contributed by atoms with E-state index in [1.165, 1.54) is 30.5 Å². The number of carbonyl (C=O) groups excluding carboxylic acids is 2. The van der Waals surface area contributed by atoms with Crippen molar-refractivity contribution in [3.63, 3.8) is 0 Å². The lowest BCUT2D eigenvalue weighted by atomic mass is 10.2. The van der Waals surface area contributed by atoms with Gasteiger partial charge in [0.25, 0.3) is 11.6 Å². The molecule has 8 nitrogen and oxygen atoms in total. The Morgan fingerprint density at radius 1 is 0.933 bits per heavy atom. The number of nitrogens with zero attached hydrogens (tertiary/aromatic N) is 2. The maximum Gasteiger partial charge on any atom is 0.343 e. The molecule has 9 heteroatoms. The van der Waals surface area contributed by atoms with Crippen LogP contribution in [-0.2, 0) is 0 Å². The first-order valence-electron chi connectivity index (χ1n) is 8.58. The number of halogens is 1. The van der Waals surface area contributed by atoms with Crippen LogP contribution in [0.4, 0.5) is 5.69 Å². The molecule has 0 unspecified atom stereocenters. The lowest BCUT2D eigenvalue weighted by Gasteiger charge is -2.04. The van der Waals surface area contributed by atoms with Gasteiger partial charge in [-0.05, 0) is 66.2 Å². The third-order valence-electron chi connectivity index (χ3n) is 3.89. The van der Waals surface area contributed by atoms with Crippen LogP contribution in [0.25, 0.3) is 0 Å². The molecule has 0 aromatic heterocycles. The van der Waals surface area contributed by atoms with Gasteiger partial charge in [-0.2, -0.15) is 5.10 Å². The van der Waals surface area contributed by atoms with E-state index in [1.54, 1.807) is 48.5 Å². The number of nitrogens with one attached hydrogen (secondary N) is 1. The molecule has 0 saturated heterocycles. The summed E-state index contributed by atoms with van der Waals surface area (Å²) in [5, 5.41) is 15.1. The first kappa shape index (κ1) is 20.7. The van der Waals surface area contributed by atoms with Crippen molar-refractivity contribution in [1.82, 2.24) is 5.43 Å². The van der Waals surface area contributed by atoms with Gasteiger partial charge in [0.2, 0.25) is 0 Å². The summed E-state index contributed by atoms with van der Waals surface area (Å²) in [6.07, 6.45) is 1.44. The van der Waals surface area contributed by atoms with Crippen LogP contribution in [0.5, 0.6) is 5.75 Å². The van der Waals surface area contributed by atoms with Crippen LogP contribution in [-0.4, -0.2) is 23.0 Å². The number of nitro benzene ring substituents is 1. The van der Waals surface area contributed by atoms with Crippen LogP contribution >= 0.6 is 11.6 Å². The van der Waals surface area contributed by atoms with Crippen molar-refractivity contribution >= 4 is 35.4 Å². The lowest BCUT2D eigenvalue weighted by molar-refractivity contribution is -0.384. The number of esters is 1. The molecule has 0 aliphatic rings. The number of rotatable bonds is 6. The van der Waals surface area contributed by atoms with Crippen molar-refractivity contribution < 1.29 is 19.2 Å². The van der Waals surface area contributed by atoms with Gasteiger partial charge in [-0.3, -0.25) is 14.9 Å². The molecular formula is C21H14ClN3O5. The molecule has 150 valence electrons. The highest BCUT2D eigenvalue weighted by molar-refractivity contribution is 6.30. The summed E-state index contributed by atoms with van der Waals surface area (Å²) >= 11 is 5.78. The minimum atomic E-state index is -0.637. The van der Waals surface area contributed by atoms with Crippen molar-refractivity contribution in [2.75, 3.05) is 0 Å². The topological polar surface area (TPSA) is 111 Å². The largest absolute Gasteiger partial charge is 0.423 e. The van der Waals surface area contributed by atoms with Crippen LogP contribution in [0.2, 0.25) is 5.02 Å². The summed E-state index contributed by atoms with van der Waals surface area (Å²) in [7, 11) is 0. The van der Waals surface area contributed by atoms with Crippen molar-refractivity contribution in [2.45, 2.75) is 0 Å². The number of benzene rings is 3. The highest BCUT2D eigenvalue weighted by atomic mass is 35.5. The van der Waals surface area contributed by atoms with Crippen molar-refractivity contribution in [3.05, 3.63) is 105 Å². The zero-order chi connectivity index (χ0) is 21.5. The molecule has 3 rings (SSSR count). The molecule has 0 aliphatic carbocycles. The van der Waals surface area contributed by atoms with Gasteiger partial charge >= 0.3 is 5.97 Å². The first-order valence-corrected chi connectivity index (χ1v) is 8.96. The Morgan fingerprint density at radius 3 is 2.13 bits per heavy atom. The third kappa shape index (κ3) is 5.49. The van der Waals surface area contributed by atoms with E-state index in [9.17, 15) is 19.7 Å². The maximum absolute atomic E-state index is 12.1. The highest BCUT2D eigenvalue weighted by Crippen LogP contribution is 2.16. The van der Waals surface area contributed by atoms with Gasteiger partial charge in [-0.25, -0.2) is 10.2 Å². The first-order chi connectivity index (χ1) is 14.4. The fourth-order valence-corrected chi connectivity index (χ4v) is 2.46. The Morgan fingerprint density at radius 2 is 1.53 bits per heavy atom. The molecule has 30 heavy (non-hydrogen) atoms. The molecule has 0 bridgehead atoms. The van der Waals surface area contributed by atoms with E-state index >= 15 is 0 Å². The fourth-order valence-electron chi connectivity index (χ4n) is 2.34. The predicted octanol–water partition coefficient (Wildman–Crippen LogP) is 4.23. The average Bonchev–Trinajstić information content (AvgIpc) is 2.75. The minimum absolute atomic E-state index is 0.113. The summed E-state index contributed by atoms with van der Waals surface area (Å²) in [6, 6.07) is 17.9. The molecular weight excluding hydrogens is 410 g/mol. The quantitative estimate of drug-likeness (QED) is 0.210. The Balaban J connectivity index is 1.55. The molecule has 0 radical (unpaired) electrons. The normalized spacial score (nSPS) is 10.6. The SMILES string of the molecule is O=C(NN=Cc1ccc(OC(=O)c2ccc([N+](=O)[O-])cc2)cc1)c1ccc(Cl)cc1. The zero-order valence-electron chi connectivity index (χ0n) is 15.3. The second-order valence-electron chi connectivity index (χ2n) is 5.97. The Hall–Kier alpha value is -4.04. The van der Waals surface area contributed by atoms with E-state index in [1.807, 2.05) is 0 Å². The molecule has 0 spiro atoms. The standard InChI is InChI=1S/C21H14ClN3O5/c22-17-7-3-15(4-8-17)20(26)24-23-13-14-1-11-19(12-2-14)30-21(27)16-5-9-18(10-6-16)25(28)29/h1-13H,(H,24,26). The molecule has 0 saturated carbocycles. The second-order valence-corrected chi connectivity index (χ2v) is 6.40. The van der Waals surface area contributed by atoms with Crippen molar-refractivity contribution in [1.29, 1.82) is 0 Å². The number of carbonyl (C=O) groups is 2.